The van der Waals surface area contributed by atoms with Crippen molar-refractivity contribution in [2.24, 2.45) is 0 Å². The highest BCUT2D eigenvalue weighted by atomic mass is 79.9. The molecule has 6 heteroatoms. The van der Waals surface area contributed by atoms with Gasteiger partial charge in [-0.05, 0) is 73.4 Å². The lowest BCUT2D eigenvalue weighted by Crippen LogP contribution is -2.28. The summed E-state index contributed by atoms with van der Waals surface area (Å²) in [6.45, 7) is 1.91. The minimum atomic E-state index is -0.446. The number of anilines is 1. The molecule has 1 aliphatic rings. The largest absolute Gasteiger partial charge is 0.438 e. The Balaban J connectivity index is 1.51. The van der Waals surface area contributed by atoms with Gasteiger partial charge in [-0.25, -0.2) is 4.98 Å². The van der Waals surface area contributed by atoms with Gasteiger partial charge in [0, 0.05) is 16.4 Å². The number of nitriles is 1. The molecule has 0 aliphatic heterocycles. The molecule has 1 heterocycles. The number of amides is 1. The molecule has 2 aromatic carbocycles. The van der Waals surface area contributed by atoms with E-state index >= 15 is 0 Å². The van der Waals surface area contributed by atoms with Crippen LogP contribution in [-0.4, -0.2) is 10.9 Å². The first kappa shape index (κ1) is 19.2. The number of nitrogens with one attached hydrogen (secondary N) is 1. The molecule has 1 aromatic heterocycles. The molecular weight excluding hydrogens is 430 g/mol. The zero-order chi connectivity index (χ0) is 20.4. The lowest BCUT2D eigenvalue weighted by molar-refractivity contribution is -0.118. The summed E-state index contributed by atoms with van der Waals surface area (Å²) in [6.07, 6.45) is 3.27. The van der Waals surface area contributed by atoms with Crippen LogP contribution in [0.2, 0.25) is 0 Å². The third kappa shape index (κ3) is 3.87. The van der Waals surface area contributed by atoms with E-state index in [4.69, 9.17) is 10.00 Å². The molecule has 1 saturated carbocycles. The lowest BCUT2D eigenvalue weighted by atomic mass is 9.95. The quantitative estimate of drug-likeness (QED) is 0.561. The number of pyridine rings is 1. The molecule has 0 radical (unpaired) electrons. The van der Waals surface area contributed by atoms with Gasteiger partial charge in [-0.15, -0.1) is 0 Å². The summed E-state index contributed by atoms with van der Waals surface area (Å²) in [7, 11) is 0. The van der Waals surface area contributed by atoms with E-state index in [9.17, 15) is 4.79 Å². The molecule has 29 heavy (non-hydrogen) atoms. The highest BCUT2D eigenvalue weighted by Gasteiger charge is 2.51. The van der Waals surface area contributed by atoms with Crippen molar-refractivity contribution in [3.63, 3.8) is 0 Å². The Morgan fingerprint density at radius 3 is 2.62 bits per heavy atom. The normalized spacial score (nSPS) is 14.0. The van der Waals surface area contributed by atoms with Crippen LogP contribution < -0.4 is 10.1 Å². The van der Waals surface area contributed by atoms with Crippen LogP contribution in [-0.2, 0) is 10.2 Å². The summed E-state index contributed by atoms with van der Waals surface area (Å²) < 4.78 is 6.75. The van der Waals surface area contributed by atoms with E-state index in [-0.39, 0.29) is 11.8 Å². The number of rotatable bonds is 5. The maximum absolute atomic E-state index is 13.0. The van der Waals surface area contributed by atoms with Crippen molar-refractivity contribution in [3.8, 4) is 17.7 Å². The first-order chi connectivity index (χ1) is 14.0. The maximum atomic E-state index is 13.0. The van der Waals surface area contributed by atoms with Crippen LogP contribution in [0.25, 0.3) is 0 Å². The van der Waals surface area contributed by atoms with Gasteiger partial charge in [-0.3, -0.25) is 4.79 Å². The van der Waals surface area contributed by atoms with Crippen LogP contribution in [0.5, 0.6) is 11.6 Å². The first-order valence-electron chi connectivity index (χ1n) is 9.23. The Hall–Kier alpha value is -3.17. The molecule has 1 N–H and O–H groups in total. The molecule has 1 aliphatic carbocycles. The van der Waals surface area contributed by atoms with Gasteiger partial charge in [0.1, 0.15) is 17.4 Å². The van der Waals surface area contributed by atoms with Crippen LogP contribution in [0.15, 0.2) is 65.3 Å². The number of aromatic nitrogens is 1. The van der Waals surface area contributed by atoms with Crippen molar-refractivity contribution >= 4 is 27.5 Å². The van der Waals surface area contributed by atoms with Crippen LogP contribution in [0.3, 0.4) is 0 Å². The van der Waals surface area contributed by atoms with Gasteiger partial charge in [0.05, 0.1) is 5.41 Å². The highest BCUT2D eigenvalue weighted by molar-refractivity contribution is 9.10. The predicted molar refractivity (Wildman–Crippen MR) is 114 cm³/mol. The number of hydrogen-bond acceptors (Lipinski definition) is 4. The van der Waals surface area contributed by atoms with Crippen molar-refractivity contribution < 1.29 is 9.53 Å². The zero-order valence-corrected chi connectivity index (χ0v) is 17.4. The molecule has 5 nitrogen and oxygen atoms in total. The van der Waals surface area contributed by atoms with Crippen LogP contribution in [0.4, 0.5) is 5.69 Å². The molecule has 4 rings (SSSR count). The molecule has 144 valence electrons. The fraction of sp³-hybridized carbons (Fsp3) is 0.174. The summed E-state index contributed by atoms with van der Waals surface area (Å²) in [4.78, 5) is 17.1. The minimum absolute atomic E-state index is 0.00748. The van der Waals surface area contributed by atoms with Crippen molar-refractivity contribution in [1.82, 2.24) is 4.98 Å². The van der Waals surface area contributed by atoms with E-state index in [1.54, 1.807) is 24.4 Å². The Kier molecular flexibility index (Phi) is 5.08. The SMILES string of the molecule is Cc1cc(Oc2ncccc2C#N)ccc1NC(=O)C1(c2ccc(Br)cc2)CC1. The van der Waals surface area contributed by atoms with Gasteiger partial charge in [0.25, 0.3) is 0 Å². The van der Waals surface area contributed by atoms with Gasteiger partial charge in [-0.1, -0.05) is 28.1 Å². The second-order valence-corrected chi connectivity index (χ2v) is 8.01. The highest BCUT2D eigenvalue weighted by Crippen LogP contribution is 2.49. The number of nitrogens with zero attached hydrogens (tertiary/aromatic N) is 2. The summed E-state index contributed by atoms with van der Waals surface area (Å²) in [5, 5.41) is 12.2. The number of carbonyl (C=O) groups is 1. The standard InChI is InChI=1S/C23H18BrN3O2/c1-15-13-19(29-21-16(14-25)3-2-12-26-21)8-9-20(15)27-22(28)23(10-11-23)17-4-6-18(24)7-5-17/h2-9,12-13H,10-11H2,1H3,(H,27,28). The molecule has 0 saturated heterocycles. The van der Waals surface area contributed by atoms with Crippen LogP contribution >= 0.6 is 15.9 Å². The summed E-state index contributed by atoms with van der Waals surface area (Å²) in [5.74, 6) is 0.830. The fourth-order valence-corrected chi connectivity index (χ4v) is 3.56. The maximum Gasteiger partial charge on any atom is 0.237 e. The van der Waals surface area contributed by atoms with Gasteiger partial charge >= 0.3 is 0 Å². The van der Waals surface area contributed by atoms with E-state index in [0.29, 0.717) is 11.3 Å². The number of ether oxygens (including phenoxy) is 1. The Morgan fingerprint density at radius 1 is 1.21 bits per heavy atom. The number of aryl methyl sites for hydroxylation is 1. The topological polar surface area (TPSA) is 75.0 Å². The Bertz CT molecular complexity index is 1120. The number of carbonyl (C=O) groups excluding carboxylic acids is 1. The molecular formula is C23H18BrN3O2. The zero-order valence-electron chi connectivity index (χ0n) is 15.8. The number of hydrogen-bond donors (Lipinski definition) is 1. The second-order valence-electron chi connectivity index (χ2n) is 7.09. The second kappa shape index (κ2) is 7.69. The van der Waals surface area contributed by atoms with E-state index in [1.807, 2.05) is 43.3 Å². The summed E-state index contributed by atoms with van der Waals surface area (Å²) in [6, 6.07) is 18.7. The number of halogens is 1. The molecule has 0 atom stereocenters. The van der Waals surface area contributed by atoms with Crippen molar-refractivity contribution in [3.05, 3.63) is 82.0 Å². The number of benzene rings is 2. The van der Waals surface area contributed by atoms with Gasteiger partial charge in [0.15, 0.2) is 0 Å². The summed E-state index contributed by atoms with van der Waals surface area (Å²) in [5.41, 5.74) is 2.57. The van der Waals surface area contributed by atoms with Crippen molar-refractivity contribution in [1.29, 1.82) is 5.26 Å². The van der Waals surface area contributed by atoms with Crippen LogP contribution in [0, 0.1) is 18.3 Å². The van der Waals surface area contributed by atoms with Gasteiger partial charge in [0.2, 0.25) is 11.8 Å². The van der Waals surface area contributed by atoms with E-state index in [1.165, 1.54) is 0 Å². The molecule has 1 fully saturated rings. The van der Waals surface area contributed by atoms with E-state index in [0.717, 1.165) is 34.1 Å². The average Bonchev–Trinajstić information content (AvgIpc) is 3.53. The molecule has 0 unspecified atom stereocenters. The van der Waals surface area contributed by atoms with Gasteiger partial charge < -0.3 is 10.1 Å². The van der Waals surface area contributed by atoms with Crippen molar-refractivity contribution in [2.75, 3.05) is 5.32 Å². The average molecular weight is 448 g/mol. The smallest absolute Gasteiger partial charge is 0.237 e. The lowest BCUT2D eigenvalue weighted by Gasteiger charge is -2.17. The van der Waals surface area contributed by atoms with E-state index in [2.05, 4.69) is 32.3 Å². The molecule has 3 aromatic rings. The van der Waals surface area contributed by atoms with E-state index < -0.39 is 5.41 Å². The molecule has 0 spiro atoms. The third-order valence-corrected chi connectivity index (χ3v) is 5.66. The Labute approximate surface area is 177 Å². The monoisotopic (exact) mass is 447 g/mol. The Morgan fingerprint density at radius 2 is 1.97 bits per heavy atom. The van der Waals surface area contributed by atoms with Crippen LogP contribution in [0.1, 0.15) is 29.5 Å². The van der Waals surface area contributed by atoms with Gasteiger partial charge in [-0.2, -0.15) is 5.26 Å². The first-order valence-corrected chi connectivity index (χ1v) is 10.0. The van der Waals surface area contributed by atoms with Crippen molar-refractivity contribution in [2.45, 2.75) is 25.2 Å². The molecule has 0 bridgehead atoms. The summed E-state index contributed by atoms with van der Waals surface area (Å²) >= 11 is 3.44. The minimum Gasteiger partial charge on any atom is -0.438 e. The third-order valence-electron chi connectivity index (χ3n) is 5.13. The fourth-order valence-electron chi connectivity index (χ4n) is 3.29. The molecule has 1 amide bonds. The predicted octanol–water partition coefficient (Wildman–Crippen LogP) is 5.49.